The first-order chi connectivity index (χ1) is 9.20. The lowest BCUT2D eigenvalue weighted by Gasteiger charge is -2.31. The summed E-state index contributed by atoms with van der Waals surface area (Å²) >= 11 is 0. The molecule has 0 atom stereocenters. The summed E-state index contributed by atoms with van der Waals surface area (Å²) in [6, 6.07) is 3.00. The van der Waals surface area contributed by atoms with E-state index in [4.69, 9.17) is 4.42 Å². The molecule has 2 heterocycles. The van der Waals surface area contributed by atoms with Crippen LogP contribution < -0.4 is 5.32 Å². The molecule has 0 bridgehead atoms. The van der Waals surface area contributed by atoms with E-state index in [0.29, 0.717) is 0 Å². The van der Waals surface area contributed by atoms with E-state index in [1.807, 2.05) is 0 Å². The van der Waals surface area contributed by atoms with Crippen LogP contribution in [-0.4, -0.2) is 49.1 Å². The third-order valence-corrected chi connectivity index (χ3v) is 4.21. The van der Waals surface area contributed by atoms with Crippen LogP contribution in [0.4, 0.5) is 0 Å². The fraction of sp³-hybridized carbons (Fsp3) is 0.733. The molecule has 1 saturated heterocycles. The summed E-state index contributed by atoms with van der Waals surface area (Å²) in [6.07, 6.45) is 2.68. The number of hydrogen-bond donors (Lipinski definition) is 1. The number of hydrogen-bond acceptors (Lipinski definition) is 4. The van der Waals surface area contributed by atoms with Crippen molar-refractivity contribution < 1.29 is 4.42 Å². The maximum absolute atomic E-state index is 5.90. The largest absolute Gasteiger partial charge is 0.465 e. The van der Waals surface area contributed by atoms with Gasteiger partial charge in [-0.25, -0.2) is 0 Å². The second kappa shape index (κ2) is 5.65. The van der Waals surface area contributed by atoms with Gasteiger partial charge in [0.1, 0.15) is 11.5 Å². The third-order valence-electron chi connectivity index (χ3n) is 4.21. The van der Waals surface area contributed by atoms with Gasteiger partial charge in [0.25, 0.3) is 0 Å². The Balaban J connectivity index is 1.53. The number of nitrogens with one attached hydrogen (secondary N) is 1. The highest BCUT2D eigenvalue weighted by atomic mass is 16.3. The zero-order chi connectivity index (χ0) is 13.2. The fourth-order valence-electron chi connectivity index (χ4n) is 2.61. The molecule has 0 radical (unpaired) electrons. The first-order valence-electron chi connectivity index (χ1n) is 7.43. The maximum Gasteiger partial charge on any atom is 0.118 e. The molecule has 3 rings (SSSR count). The van der Waals surface area contributed by atoms with Crippen molar-refractivity contribution in [1.82, 2.24) is 15.1 Å². The number of aryl methyl sites for hydroxylation is 1. The molecule has 0 spiro atoms. The van der Waals surface area contributed by atoms with Gasteiger partial charge >= 0.3 is 0 Å². The molecule has 1 saturated carbocycles. The van der Waals surface area contributed by atoms with Crippen LogP contribution in [0, 0.1) is 6.92 Å². The van der Waals surface area contributed by atoms with Crippen molar-refractivity contribution in [2.75, 3.05) is 33.2 Å². The van der Waals surface area contributed by atoms with E-state index in [1.165, 1.54) is 18.4 Å². The van der Waals surface area contributed by atoms with Gasteiger partial charge < -0.3 is 14.6 Å². The molecule has 0 unspecified atom stereocenters. The number of nitrogens with zero attached hydrogens (tertiary/aromatic N) is 2. The van der Waals surface area contributed by atoms with Crippen LogP contribution in [0.1, 0.15) is 29.9 Å². The monoisotopic (exact) mass is 263 g/mol. The summed E-state index contributed by atoms with van der Waals surface area (Å²) in [5, 5.41) is 3.56. The Labute approximate surface area is 115 Å². The number of likely N-dealkylation sites (N-methyl/N-ethyl adjacent to an activating group) is 1. The van der Waals surface area contributed by atoms with Gasteiger partial charge in [0.15, 0.2) is 0 Å². The van der Waals surface area contributed by atoms with Crippen molar-refractivity contribution in [2.45, 2.75) is 38.9 Å². The minimum Gasteiger partial charge on any atom is -0.465 e. The second-order valence-electron chi connectivity index (χ2n) is 6.03. The van der Waals surface area contributed by atoms with Crippen molar-refractivity contribution in [2.24, 2.45) is 0 Å². The number of rotatable bonds is 5. The average Bonchev–Trinajstić information content (AvgIpc) is 3.15. The van der Waals surface area contributed by atoms with Gasteiger partial charge in [-0.2, -0.15) is 0 Å². The topological polar surface area (TPSA) is 31.7 Å². The van der Waals surface area contributed by atoms with E-state index in [0.717, 1.165) is 56.8 Å². The van der Waals surface area contributed by atoms with Crippen molar-refractivity contribution in [3.8, 4) is 0 Å². The zero-order valence-corrected chi connectivity index (χ0v) is 12.1. The van der Waals surface area contributed by atoms with E-state index in [9.17, 15) is 0 Å². The van der Waals surface area contributed by atoms with Crippen molar-refractivity contribution in [3.63, 3.8) is 0 Å². The van der Waals surface area contributed by atoms with Crippen molar-refractivity contribution in [3.05, 3.63) is 23.2 Å². The number of furan rings is 1. The quantitative estimate of drug-likeness (QED) is 0.874. The van der Waals surface area contributed by atoms with Gasteiger partial charge in [-0.1, -0.05) is 0 Å². The highest BCUT2D eigenvalue weighted by Crippen LogP contribution is 2.21. The predicted molar refractivity (Wildman–Crippen MR) is 76.1 cm³/mol. The minimum absolute atomic E-state index is 0.760. The molecule has 0 aromatic carbocycles. The van der Waals surface area contributed by atoms with Crippen molar-refractivity contribution >= 4 is 0 Å². The summed E-state index contributed by atoms with van der Waals surface area (Å²) in [5.74, 6) is 2.20. The van der Waals surface area contributed by atoms with E-state index < -0.39 is 0 Å². The summed E-state index contributed by atoms with van der Waals surface area (Å²) < 4.78 is 5.90. The van der Waals surface area contributed by atoms with E-state index in [1.54, 1.807) is 0 Å². The predicted octanol–water partition coefficient (Wildman–Crippen LogP) is 1.59. The Morgan fingerprint density at radius 2 is 2.00 bits per heavy atom. The standard InChI is InChI=1S/C15H25N3O/c1-12-13(10-16-14-3-4-14)9-15(19-12)11-18-7-5-17(2)6-8-18/h9,14,16H,3-8,10-11H2,1-2H3. The summed E-state index contributed by atoms with van der Waals surface area (Å²) in [7, 11) is 2.19. The van der Waals surface area contributed by atoms with Crippen LogP contribution in [0.2, 0.25) is 0 Å². The molecular formula is C15H25N3O. The van der Waals surface area contributed by atoms with Gasteiger partial charge in [0.2, 0.25) is 0 Å². The third kappa shape index (κ3) is 3.59. The molecule has 1 aromatic rings. The molecule has 1 N–H and O–H groups in total. The normalized spacial score (nSPS) is 22.0. The smallest absolute Gasteiger partial charge is 0.118 e. The van der Waals surface area contributed by atoms with Crippen LogP contribution in [-0.2, 0) is 13.1 Å². The molecule has 19 heavy (non-hydrogen) atoms. The molecule has 1 aromatic heterocycles. The van der Waals surface area contributed by atoms with Crippen molar-refractivity contribution in [1.29, 1.82) is 0 Å². The van der Waals surface area contributed by atoms with Gasteiger partial charge in [0, 0.05) is 44.3 Å². The van der Waals surface area contributed by atoms with Gasteiger partial charge in [-0.15, -0.1) is 0 Å². The van der Waals surface area contributed by atoms with Crippen LogP contribution >= 0.6 is 0 Å². The van der Waals surface area contributed by atoms with E-state index in [2.05, 4.69) is 35.2 Å². The molecule has 2 aliphatic rings. The summed E-state index contributed by atoms with van der Waals surface area (Å²) in [6.45, 7) is 8.61. The van der Waals surface area contributed by atoms with Crippen LogP contribution in [0.3, 0.4) is 0 Å². The van der Waals surface area contributed by atoms with Gasteiger partial charge in [-0.3, -0.25) is 4.90 Å². The summed E-state index contributed by atoms with van der Waals surface area (Å²) in [5.41, 5.74) is 1.33. The van der Waals surface area contributed by atoms with Gasteiger partial charge in [0.05, 0.1) is 6.54 Å². The van der Waals surface area contributed by atoms with Crippen LogP contribution in [0.5, 0.6) is 0 Å². The summed E-state index contributed by atoms with van der Waals surface area (Å²) in [4.78, 5) is 4.87. The Bertz CT molecular complexity index is 417. The molecule has 106 valence electrons. The highest BCUT2D eigenvalue weighted by Gasteiger charge is 2.21. The molecule has 4 nitrogen and oxygen atoms in total. The Morgan fingerprint density at radius 1 is 1.26 bits per heavy atom. The van der Waals surface area contributed by atoms with Crippen LogP contribution in [0.25, 0.3) is 0 Å². The SMILES string of the molecule is Cc1oc(CN2CCN(C)CC2)cc1CNC1CC1. The lowest BCUT2D eigenvalue weighted by Crippen LogP contribution is -2.43. The molecule has 4 heteroatoms. The minimum atomic E-state index is 0.760. The molecular weight excluding hydrogens is 238 g/mol. The molecule has 1 aliphatic heterocycles. The first-order valence-corrected chi connectivity index (χ1v) is 7.43. The molecule has 2 fully saturated rings. The van der Waals surface area contributed by atoms with Gasteiger partial charge in [-0.05, 0) is 32.9 Å². The highest BCUT2D eigenvalue weighted by molar-refractivity contribution is 5.21. The Hall–Kier alpha value is -0.840. The Kier molecular flexibility index (Phi) is 3.91. The number of piperazine rings is 1. The Morgan fingerprint density at radius 3 is 2.68 bits per heavy atom. The maximum atomic E-state index is 5.90. The second-order valence-corrected chi connectivity index (χ2v) is 6.03. The van der Waals surface area contributed by atoms with Crippen LogP contribution in [0.15, 0.2) is 10.5 Å². The molecule has 1 aliphatic carbocycles. The fourth-order valence-corrected chi connectivity index (χ4v) is 2.61. The average molecular weight is 263 g/mol. The first kappa shape index (κ1) is 13.2. The molecule has 0 amide bonds. The lowest BCUT2D eigenvalue weighted by atomic mass is 10.2. The lowest BCUT2D eigenvalue weighted by molar-refractivity contribution is 0.140. The van der Waals surface area contributed by atoms with E-state index in [-0.39, 0.29) is 0 Å². The van der Waals surface area contributed by atoms with E-state index >= 15 is 0 Å². The zero-order valence-electron chi connectivity index (χ0n) is 12.1.